The number of hydrogen-bond acceptors (Lipinski definition) is 4. The van der Waals surface area contributed by atoms with Crippen molar-refractivity contribution in [2.75, 3.05) is 19.7 Å². The highest BCUT2D eigenvalue weighted by Crippen LogP contribution is 2.25. The number of piperidine rings is 1. The third-order valence-electron chi connectivity index (χ3n) is 4.77. The summed E-state index contributed by atoms with van der Waals surface area (Å²) in [6.07, 6.45) is 6.11. The van der Waals surface area contributed by atoms with Crippen LogP contribution in [0.1, 0.15) is 45.4 Å². The van der Waals surface area contributed by atoms with Gasteiger partial charge in [0.05, 0.1) is 6.10 Å². The Kier molecular flexibility index (Phi) is 5.99. The van der Waals surface area contributed by atoms with Crippen molar-refractivity contribution in [3.63, 3.8) is 0 Å². The second kappa shape index (κ2) is 7.75. The van der Waals surface area contributed by atoms with Crippen LogP contribution in [0.3, 0.4) is 0 Å². The van der Waals surface area contributed by atoms with E-state index >= 15 is 0 Å². The highest BCUT2D eigenvalue weighted by molar-refractivity contribution is 5.80. The summed E-state index contributed by atoms with van der Waals surface area (Å²) in [5.74, 6) is 5.77. The molecular weight excluding hydrogens is 270 g/mol. The SMILES string of the molecule is CC1CCC(OCC(=O)N2CCC(C(=O)NN)CC2)CC1. The monoisotopic (exact) mass is 297 g/mol. The minimum absolute atomic E-state index is 0.0419. The number of nitrogens with one attached hydrogen (secondary N) is 1. The highest BCUT2D eigenvalue weighted by atomic mass is 16.5. The van der Waals surface area contributed by atoms with E-state index in [1.807, 2.05) is 0 Å². The number of amides is 2. The molecule has 0 radical (unpaired) electrons. The number of rotatable bonds is 4. The van der Waals surface area contributed by atoms with Crippen molar-refractivity contribution in [3.8, 4) is 0 Å². The molecule has 0 spiro atoms. The first-order valence-corrected chi connectivity index (χ1v) is 8.00. The molecule has 0 atom stereocenters. The van der Waals surface area contributed by atoms with Gasteiger partial charge in [-0.1, -0.05) is 6.92 Å². The van der Waals surface area contributed by atoms with Crippen molar-refractivity contribution >= 4 is 11.8 Å². The maximum atomic E-state index is 12.1. The number of nitrogens with two attached hydrogens (primary N) is 1. The van der Waals surface area contributed by atoms with Crippen molar-refractivity contribution in [1.82, 2.24) is 10.3 Å². The van der Waals surface area contributed by atoms with E-state index in [4.69, 9.17) is 10.6 Å². The molecule has 2 fully saturated rings. The van der Waals surface area contributed by atoms with Crippen LogP contribution < -0.4 is 11.3 Å². The van der Waals surface area contributed by atoms with Gasteiger partial charge in [0, 0.05) is 19.0 Å². The third kappa shape index (κ3) is 4.68. The number of likely N-dealkylation sites (tertiary alicyclic amines) is 1. The summed E-state index contributed by atoms with van der Waals surface area (Å²) in [6.45, 7) is 3.67. The molecule has 6 heteroatoms. The maximum Gasteiger partial charge on any atom is 0.248 e. The molecule has 1 heterocycles. The van der Waals surface area contributed by atoms with E-state index in [1.54, 1.807) is 4.90 Å². The first kappa shape index (κ1) is 16.2. The molecule has 0 aromatic heterocycles. The fraction of sp³-hybridized carbons (Fsp3) is 0.867. The van der Waals surface area contributed by atoms with Gasteiger partial charge < -0.3 is 9.64 Å². The van der Waals surface area contributed by atoms with Crippen LogP contribution in [0.2, 0.25) is 0 Å². The van der Waals surface area contributed by atoms with Gasteiger partial charge in [0.15, 0.2) is 0 Å². The van der Waals surface area contributed by atoms with Crippen LogP contribution >= 0.6 is 0 Å². The van der Waals surface area contributed by atoms with Gasteiger partial charge in [-0.15, -0.1) is 0 Å². The fourth-order valence-corrected chi connectivity index (χ4v) is 3.19. The number of hydrogen-bond donors (Lipinski definition) is 2. The number of carbonyl (C=O) groups excluding carboxylic acids is 2. The molecule has 21 heavy (non-hydrogen) atoms. The minimum Gasteiger partial charge on any atom is -0.368 e. The van der Waals surface area contributed by atoms with Crippen LogP contribution in [0.15, 0.2) is 0 Å². The van der Waals surface area contributed by atoms with Gasteiger partial charge in [-0.2, -0.15) is 0 Å². The molecule has 1 saturated carbocycles. The molecule has 0 unspecified atom stereocenters. The van der Waals surface area contributed by atoms with E-state index in [9.17, 15) is 9.59 Å². The van der Waals surface area contributed by atoms with Gasteiger partial charge in [-0.3, -0.25) is 15.0 Å². The van der Waals surface area contributed by atoms with E-state index in [1.165, 1.54) is 12.8 Å². The standard InChI is InChI=1S/C15H27N3O3/c1-11-2-4-13(5-3-11)21-10-14(19)18-8-6-12(7-9-18)15(20)17-16/h11-13H,2-10,16H2,1H3,(H,17,20). The van der Waals surface area contributed by atoms with Gasteiger partial charge in [0.1, 0.15) is 6.61 Å². The molecule has 120 valence electrons. The Hall–Kier alpha value is -1.14. The average molecular weight is 297 g/mol. The van der Waals surface area contributed by atoms with Gasteiger partial charge in [-0.25, -0.2) is 5.84 Å². The van der Waals surface area contributed by atoms with Gasteiger partial charge in [-0.05, 0) is 44.4 Å². The average Bonchev–Trinajstić information content (AvgIpc) is 2.53. The van der Waals surface area contributed by atoms with Gasteiger partial charge >= 0.3 is 0 Å². The summed E-state index contributed by atoms with van der Waals surface area (Å²) < 4.78 is 5.75. The lowest BCUT2D eigenvalue weighted by atomic mass is 9.89. The van der Waals surface area contributed by atoms with Gasteiger partial charge in [0.25, 0.3) is 0 Å². The van der Waals surface area contributed by atoms with Crippen LogP contribution in [0.5, 0.6) is 0 Å². The van der Waals surface area contributed by atoms with Crippen molar-refractivity contribution in [3.05, 3.63) is 0 Å². The van der Waals surface area contributed by atoms with Gasteiger partial charge in [0.2, 0.25) is 11.8 Å². The molecule has 3 N–H and O–H groups in total. The predicted octanol–water partition coefficient (Wildman–Crippen LogP) is 0.810. The topological polar surface area (TPSA) is 84.7 Å². The lowest BCUT2D eigenvalue weighted by Crippen LogP contribution is -2.45. The van der Waals surface area contributed by atoms with E-state index in [0.29, 0.717) is 25.9 Å². The molecule has 0 aromatic rings. The van der Waals surface area contributed by atoms with Crippen molar-refractivity contribution in [1.29, 1.82) is 0 Å². The highest BCUT2D eigenvalue weighted by Gasteiger charge is 2.27. The van der Waals surface area contributed by atoms with Crippen molar-refractivity contribution < 1.29 is 14.3 Å². The Balaban J connectivity index is 1.66. The zero-order chi connectivity index (χ0) is 15.2. The molecule has 1 saturated heterocycles. The zero-order valence-electron chi connectivity index (χ0n) is 12.8. The molecule has 6 nitrogen and oxygen atoms in total. The van der Waals surface area contributed by atoms with E-state index in [2.05, 4.69) is 12.3 Å². The smallest absolute Gasteiger partial charge is 0.248 e. The predicted molar refractivity (Wildman–Crippen MR) is 79.0 cm³/mol. The molecule has 2 amide bonds. The Morgan fingerprint density at radius 1 is 1.14 bits per heavy atom. The van der Waals surface area contributed by atoms with Crippen molar-refractivity contribution in [2.24, 2.45) is 17.7 Å². The summed E-state index contributed by atoms with van der Waals surface area (Å²) in [5, 5.41) is 0. The van der Waals surface area contributed by atoms with Crippen LogP contribution in [0, 0.1) is 11.8 Å². The van der Waals surface area contributed by atoms with Crippen molar-refractivity contribution in [2.45, 2.75) is 51.6 Å². The first-order valence-electron chi connectivity index (χ1n) is 8.00. The summed E-state index contributed by atoms with van der Waals surface area (Å²) in [6, 6.07) is 0. The summed E-state index contributed by atoms with van der Waals surface area (Å²) in [5.41, 5.74) is 2.18. The number of ether oxygens (including phenoxy) is 1. The molecule has 2 aliphatic rings. The minimum atomic E-state index is -0.130. The normalized spacial score (nSPS) is 27.4. The maximum absolute atomic E-state index is 12.1. The molecule has 0 bridgehead atoms. The first-order chi connectivity index (χ1) is 10.1. The Morgan fingerprint density at radius 2 is 1.76 bits per heavy atom. The molecular formula is C15H27N3O3. The number of hydrazine groups is 1. The number of carbonyl (C=O) groups is 2. The van der Waals surface area contributed by atoms with Crippen LogP contribution in [-0.4, -0.2) is 42.5 Å². The number of nitrogens with zero attached hydrogens (tertiary/aromatic N) is 1. The fourth-order valence-electron chi connectivity index (χ4n) is 3.19. The Bertz CT molecular complexity index is 359. The van der Waals surface area contributed by atoms with Crippen LogP contribution in [-0.2, 0) is 14.3 Å². The summed E-state index contributed by atoms with van der Waals surface area (Å²) >= 11 is 0. The second-order valence-electron chi connectivity index (χ2n) is 6.36. The Labute approximate surface area is 126 Å². The van der Waals surface area contributed by atoms with E-state index in [0.717, 1.165) is 18.8 Å². The summed E-state index contributed by atoms with van der Waals surface area (Å²) in [7, 11) is 0. The van der Waals surface area contributed by atoms with E-state index < -0.39 is 0 Å². The lowest BCUT2D eigenvalue weighted by molar-refractivity contribution is -0.142. The second-order valence-corrected chi connectivity index (χ2v) is 6.36. The Morgan fingerprint density at radius 3 is 2.33 bits per heavy atom. The van der Waals surface area contributed by atoms with Crippen LogP contribution in [0.25, 0.3) is 0 Å². The molecule has 2 rings (SSSR count). The molecule has 0 aromatic carbocycles. The molecule has 1 aliphatic carbocycles. The van der Waals surface area contributed by atoms with Crippen LogP contribution in [0.4, 0.5) is 0 Å². The third-order valence-corrected chi connectivity index (χ3v) is 4.77. The van der Waals surface area contributed by atoms with E-state index in [-0.39, 0.29) is 30.4 Å². The lowest BCUT2D eigenvalue weighted by Gasteiger charge is -2.32. The molecule has 1 aliphatic heterocycles. The summed E-state index contributed by atoms with van der Waals surface area (Å²) in [4.78, 5) is 25.4. The largest absolute Gasteiger partial charge is 0.368 e. The zero-order valence-corrected chi connectivity index (χ0v) is 12.8. The quantitative estimate of drug-likeness (QED) is 0.457.